The van der Waals surface area contributed by atoms with Gasteiger partial charge in [0.1, 0.15) is 0 Å². The quantitative estimate of drug-likeness (QED) is 0.172. The Kier molecular flexibility index (Phi) is 7.27. The number of hydrogen-bond acceptors (Lipinski definition) is 1. The molecule has 0 atom stereocenters. The molecular formula is C56H39N3. The molecule has 0 saturated carbocycles. The second-order valence-corrected chi connectivity index (χ2v) is 16.3. The third-order valence-corrected chi connectivity index (χ3v) is 12.7. The van der Waals surface area contributed by atoms with Gasteiger partial charge in [-0.1, -0.05) is 166 Å². The van der Waals surface area contributed by atoms with E-state index in [-0.39, 0.29) is 5.41 Å². The van der Waals surface area contributed by atoms with Gasteiger partial charge in [-0.2, -0.15) is 0 Å². The summed E-state index contributed by atoms with van der Waals surface area (Å²) in [6.45, 7) is 4.84. The molecule has 0 fully saturated rings. The van der Waals surface area contributed by atoms with Crippen LogP contribution >= 0.6 is 0 Å². The molecule has 12 rings (SSSR count). The molecule has 3 heteroatoms. The minimum atomic E-state index is -0.263. The average molecular weight is 754 g/mol. The number of fused-ring (bicyclic) bond motifs is 12. The first-order valence-corrected chi connectivity index (χ1v) is 20.5. The van der Waals surface area contributed by atoms with Gasteiger partial charge < -0.3 is 9.13 Å². The number of rotatable bonds is 5. The zero-order valence-electron chi connectivity index (χ0n) is 32.9. The predicted octanol–water partition coefficient (Wildman–Crippen LogP) is 14.6. The van der Waals surface area contributed by atoms with E-state index in [0.29, 0.717) is 0 Å². The molecule has 0 unspecified atom stereocenters. The molecule has 11 aromatic rings. The Labute approximate surface area is 343 Å². The fraction of sp³-hybridized carbons (Fsp3) is 0.0536. The van der Waals surface area contributed by atoms with Crippen LogP contribution in [-0.4, -0.2) is 14.1 Å². The summed E-state index contributed by atoms with van der Waals surface area (Å²) in [5.41, 5.74) is 18.8. The van der Waals surface area contributed by atoms with Crippen molar-refractivity contribution in [1.29, 1.82) is 0 Å². The van der Waals surface area contributed by atoms with E-state index in [2.05, 4.69) is 223 Å². The van der Waals surface area contributed by atoms with Crippen molar-refractivity contribution in [3.8, 4) is 56.1 Å². The van der Waals surface area contributed by atoms with Crippen molar-refractivity contribution in [3.63, 3.8) is 0 Å². The molecule has 59 heavy (non-hydrogen) atoms. The second kappa shape index (κ2) is 12.8. The summed E-state index contributed by atoms with van der Waals surface area (Å²) in [7, 11) is 0. The zero-order chi connectivity index (χ0) is 39.2. The minimum absolute atomic E-state index is 0.263. The molecule has 3 aromatic heterocycles. The largest absolute Gasteiger partial charge is 0.309 e. The minimum Gasteiger partial charge on any atom is -0.309 e. The Bertz CT molecular complexity index is 3370. The van der Waals surface area contributed by atoms with Crippen LogP contribution in [0.15, 0.2) is 200 Å². The summed E-state index contributed by atoms with van der Waals surface area (Å²) >= 11 is 0. The third kappa shape index (κ3) is 4.91. The second-order valence-electron chi connectivity index (χ2n) is 16.3. The highest BCUT2D eigenvalue weighted by Gasteiger charge is 2.41. The van der Waals surface area contributed by atoms with Gasteiger partial charge in [-0.15, -0.1) is 0 Å². The molecule has 0 radical (unpaired) electrons. The van der Waals surface area contributed by atoms with Crippen molar-refractivity contribution in [3.05, 3.63) is 211 Å². The third-order valence-electron chi connectivity index (χ3n) is 12.7. The Balaban J connectivity index is 1.16. The summed E-state index contributed by atoms with van der Waals surface area (Å²) < 4.78 is 5.07. The van der Waals surface area contributed by atoms with Crippen molar-refractivity contribution in [2.24, 2.45) is 0 Å². The number of benzene rings is 8. The SMILES string of the molecule is CC1(C)c2ccccc2-c2c1c1c(c3ccccc3n1-c1ccc(-c3cc(-c4ccccc4)nc(-c4ccccc4)c3)cc1)c1c3ccccc3n(-c3ccccc3)c21. The Morgan fingerprint density at radius 3 is 1.49 bits per heavy atom. The van der Waals surface area contributed by atoms with Gasteiger partial charge in [-0.3, -0.25) is 0 Å². The van der Waals surface area contributed by atoms with Gasteiger partial charge in [0.25, 0.3) is 0 Å². The van der Waals surface area contributed by atoms with Gasteiger partial charge in [-0.25, -0.2) is 4.98 Å². The van der Waals surface area contributed by atoms with Gasteiger partial charge in [-0.05, 0) is 76.3 Å². The molecular weight excluding hydrogens is 715 g/mol. The highest BCUT2D eigenvalue weighted by Crippen LogP contribution is 2.58. The first kappa shape index (κ1) is 33.6. The van der Waals surface area contributed by atoms with Crippen molar-refractivity contribution in [2.75, 3.05) is 0 Å². The standard InChI is InChI=1S/C56H39N3/c1-56(2)45-27-15-12-24-42(45)52-53(56)55-51(50-43-25-13-16-28-48(43)58(54(50)52)40-22-10-5-11-23-40)44-26-14-17-29-49(44)59(55)41-32-30-36(31-33-41)39-34-46(37-18-6-3-7-19-37)57-47(35-39)38-20-8-4-9-21-38/h3-35H,1-2H3. The van der Waals surface area contributed by atoms with E-state index < -0.39 is 0 Å². The lowest BCUT2D eigenvalue weighted by molar-refractivity contribution is 0.664. The van der Waals surface area contributed by atoms with E-state index in [4.69, 9.17) is 4.98 Å². The van der Waals surface area contributed by atoms with Gasteiger partial charge in [0.2, 0.25) is 0 Å². The maximum Gasteiger partial charge on any atom is 0.0715 e. The summed E-state index contributed by atoms with van der Waals surface area (Å²) in [6, 6.07) is 72.6. The Morgan fingerprint density at radius 1 is 0.407 bits per heavy atom. The van der Waals surface area contributed by atoms with Crippen LogP contribution in [0.2, 0.25) is 0 Å². The molecule has 0 bridgehead atoms. The Morgan fingerprint density at radius 2 is 0.881 bits per heavy atom. The van der Waals surface area contributed by atoms with Crippen LogP contribution in [-0.2, 0) is 5.41 Å². The number of para-hydroxylation sites is 3. The topological polar surface area (TPSA) is 22.8 Å². The molecule has 278 valence electrons. The molecule has 0 saturated heterocycles. The summed E-state index contributed by atoms with van der Waals surface area (Å²) in [5, 5.41) is 5.13. The molecule has 3 heterocycles. The van der Waals surface area contributed by atoms with E-state index >= 15 is 0 Å². The normalized spacial score (nSPS) is 13.1. The van der Waals surface area contributed by atoms with Crippen LogP contribution in [0.4, 0.5) is 0 Å². The smallest absolute Gasteiger partial charge is 0.0715 e. The van der Waals surface area contributed by atoms with Crippen LogP contribution < -0.4 is 0 Å². The van der Waals surface area contributed by atoms with Crippen molar-refractivity contribution in [1.82, 2.24) is 14.1 Å². The maximum atomic E-state index is 5.15. The highest BCUT2D eigenvalue weighted by molar-refractivity contribution is 6.33. The number of pyridine rings is 1. The molecule has 0 N–H and O–H groups in total. The lowest BCUT2D eigenvalue weighted by Gasteiger charge is -2.24. The van der Waals surface area contributed by atoms with E-state index in [1.165, 1.54) is 71.6 Å². The lowest BCUT2D eigenvalue weighted by atomic mass is 9.81. The van der Waals surface area contributed by atoms with E-state index in [9.17, 15) is 0 Å². The van der Waals surface area contributed by atoms with Crippen LogP contribution in [0.5, 0.6) is 0 Å². The van der Waals surface area contributed by atoms with Gasteiger partial charge in [0, 0.05) is 55.0 Å². The van der Waals surface area contributed by atoms with Crippen molar-refractivity contribution >= 4 is 43.6 Å². The lowest BCUT2D eigenvalue weighted by Crippen LogP contribution is -2.16. The van der Waals surface area contributed by atoms with Crippen LogP contribution in [0, 0.1) is 0 Å². The summed E-state index contributed by atoms with van der Waals surface area (Å²) in [5.74, 6) is 0. The van der Waals surface area contributed by atoms with Gasteiger partial charge in [0.15, 0.2) is 0 Å². The molecule has 1 aliphatic rings. The predicted molar refractivity (Wildman–Crippen MR) is 247 cm³/mol. The maximum absolute atomic E-state index is 5.15. The van der Waals surface area contributed by atoms with E-state index in [0.717, 1.165) is 39.3 Å². The van der Waals surface area contributed by atoms with Crippen molar-refractivity contribution < 1.29 is 0 Å². The highest BCUT2D eigenvalue weighted by atomic mass is 15.0. The van der Waals surface area contributed by atoms with Crippen LogP contribution in [0.3, 0.4) is 0 Å². The van der Waals surface area contributed by atoms with Crippen molar-refractivity contribution in [2.45, 2.75) is 19.3 Å². The van der Waals surface area contributed by atoms with Crippen LogP contribution in [0.1, 0.15) is 25.0 Å². The fourth-order valence-electron chi connectivity index (χ4n) is 10.1. The number of hydrogen-bond donors (Lipinski definition) is 0. The molecule has 0 amide bonds. The molecule has 1 aliphatic carbocycles. The average Bonchev–Trinajstić information content (AvgIpc) is 3.90. The van der Waals surface area contributed by atoms with Gasteiger partial charge in [0.05, 0.1) is 33.5 Å². The Hall–Kier alpha value is -7.49. The summed E-state index contributed by atoms with van der Waals surface area (Å²) in [6.07, 6.45) is 0. The first-order valence-electron chi connectivity index (χ1n) is 20.5. The van der Waals surface area contributed by atoms with E-state index in [1.54, 1.807) is 0 Å². The van der Waals surface area contributed by atoms with Crippen LogP contribution in [0.25, 0.3) is 99.8 Å². The zero-order valence-corrected chi connectivity index (χ0v) is 32.9. The molecule has 3 nitrogen and oxygen atoms in total. The monoisotopic (exact) mass is 753 g/mol. The molecule has 8 aromatic carbocycles. The first-order chi connectivity index (χ1) is 29.1. The molecule has 0 spiro atoms. The number of aromatic nitrogens is 3. The molecule has 0 aliphatic heterocycles. The van der Waals surface area contributed by atoms with E-state index in [1.807, 2.05) is 0 Å². The summed E-state index contributed by atoms with van der Waals surface area (Å²) in [4.78, 5) is 5.15. The number of nitrogens with zero attached hydrogens (tertiary/aromatic N) is 3. The fourth-order valence-corrected chi connectivity index (χ4v) is 10.1. The van der Waals surface area contributed by atoms with Gasteiger partial charge >= 0.3 is 0 Å².